The van der Waals surface area contributed by atoms with Gasteiger partial charge in [-0.25, -0.2) is 4.39 Å². The molecule has 0 radical (unpaired) electrons. The van der Waals surface area contributed by atoms with Crippen molar-refractivity contribution in [2.75, 3.05) is 7.11 Å². The molecule has 2 N–H and O–H groups in total. The fourth-order valence-electron chi connectivity index (χ4n) is 2.74. The molecule has 100 valence electrons. The monoisotopic (exact) mass is 251 g/mol. The Hall–Kier alpha value is -1.09. The highest BCUT2D eigenvalue weighted by Crippen LogP contribution is 2.33. The number of benzene rings is 1. The zero-order valence-electron chi connectivity index (χ0n) is 11.2. The van der Waals surface area contributed by atoms with Gasteiger partial charge in [0.15, 0.2) is 11.6 Å². The topological polar surface area (TPSA) is 35.2 Å². The highest BCUT2D eigenvalue weighted by atomic mass is 19.1. The number of ether oxygens (including phenoxy) is 1. The quantitative estimate of drug-likeness (QED) is 0.894. The van der Waals surface area contributed by atoms with Crippen LogP contribution in [0.15, 0.2) is 18.2 Å². The number of hydrogen-bond acceptors (Lipinski definition) is 2. The van der Waals surface area contributed by atoms with Crippen LogP contribution in [-0.2, 0) is 6.42 Å². The summed E-state index contributed by atoms with van der Waals surface area (Å²) in [7, 11) is 1.48. The summed E-state index contributed by atoms with van der Waals surface area (Å²) in [5.41, 5.74) is 7.22. The maximum atomic E-state index is 13.6. The van der Waals surface area contributed by atoms with Crippen molar-refractivity contribution < 1.29 is 9.13 Å². The molecular weight excluding hydrogens is 229 g/mol. The normalized spacial score (nSPS) is 28.1. The van der Waals surface area contributed by atoms with Gasteiger partial charge in [-0.3, -0.25) is 0 Å². The van der Waals surface area contributed by atoms with E-state index in [-0.39, 0.29) is 11.4 Å². The van der Waals surface area contributed by atoms with E-state index < -0.39 is 0 Å². The summed E-state index contributed by atoms with van der Waals surface area (Å²) in [5.74, 6) is 0.763. The molecule has 0 unspecified atom stereocenters. The minimum Gasteiger partial charge on any atom is -0.494 e. The van der Waals surface area contributed by atoms with Gasteiger partial charge in [0, 0.05) is 5.54 Å². The predicted molar refractivity (Wildman–Crippen MR) is 71.2 cm³/mol. The van der Waals surface area contributed by atoms with Gasteiger partial charge in [0.1, 0.15) is 0 Å². The Morgan fingerprint density at radius 1 is 1.39 bits per heavy atom. The molecule has 0 heterocycles. The molecule has 1 aliphatic carbocycles. The summed E-state index contributed by atoms with van der Waals surface area (Å²) in [4.78, 5) is 0. The van der Waals surface area contributed by atoms with Gasteiger partial charge in [-0.2, -0.15) is 0 Å². The Kier molecular flexibility index (Phi) is 3.91. The van der Waals surface area contributed by atoms with Crippen LogP contribution in [0.4, 0.5) is 4.39 Å². The van der Waals surface area contributed by atoms with Gasteiger partial charge in [0.2, 0.25) is 0 Å². The SMILES string of the molecule is COc1ccc(CC2(N)CCC(C)CC2)cc1F. The lowest BCUT2D eigenvalue weighted by atomic mass is 9.75. The zero-order valence-corrected chi connectivity index (χ0v) is 11.2. The van der Waals surface area contributed by atoms with Crippen molar-refractivity contribution in [2.24, 2.45) is 11.7 Å². The van der Waals surface area contributed by atoms with Crippen molar-refractivity contribution in [3.05, 3.63) is 29.6 Å². The average Bonchev–Trinajstić information content (AvgIpc) is 2.34. The Bertz CT molecular complexity index is 411. The van der Waals surface area contributed by atoms with E-state index in [2.05, 4.69) is 6.92 Å². The summed E-state index contributed by atoms with van der Waals surface area (Å²) in [6.45, 7) is 2.27. The Balaban J connectivity index is 2.07. The minimum absolute atomic E-state index is 0.159. The highest BCUT2D eigenvalue weighted by molar-refractivity contribution is 5.30. The minimum atomic E-state index is -0.303. The molecule has 2 nitrogen and oxygen atoms in total. The standard InChI is InChI=1S/C15H22FNO/c1-11-5-7-15(17,8-6-11)10-12-3-4-14(18-2)13(16)9-12/h3-4,9,11H,5-8,10,17H2,1-2H3. The van der Waals surface area contributed by atoms with Crippen molar-refractivity contribution in [3.8, 4) is 5.75 Å². The van der Waals surface area contributed by atoms with E-state index >= 15 is 0 Å². The van der Waals surface area contributed by atoms with Gasteiger partial charge in [0.25, 0.3) is 0 Å². The molecule has 1 aliphatic rings. The maximum absolute atomic E-state index is 13.6. The van der Waals surface area contributed by atoms with Gasteiger partial charge in [0.05, 0.1) is 7.11 Å². The first-order valence-electron chi connectivity index (χ1n) is 6.64. The molecule has 1 aromatic rings. The van der Waals surface area contributed by atoms with E-state index in [9.17, 15) is 4.39 Å². The summed E-state index contributed by atoms with van der Waals surface area (Å²) >= 11 is 0. The fraction of sp³-hybridized carbons (Fsp3) is 0.600. The van der Waals surface area contributed by atoms with Crippen LogP contribution in [0.5, 0.6) is 5.75 Å². The third-order valence-corrected chi connectivity index (χ3v) is 4.04. The van der Waals surface area contributed by atoms with E-state index in [4.69, 9.17) is 10.5 Å². The second-order valence-corrected chi connectivity index (χ2v) is 5.69. The van der Waals surface area contributed by atoms with Gasteiger partial charge < -0.3 is 10.5 Å². The van der Waals surface area contributed by atoms with Crippen LogP contribution >= 0.6 is 0 Å². The summed E-state index contributed by atoms with van der Waals surface area (Å²) in [6, 6.07) is 5.14. The molecule has 1 saturated carbocycles. The highest BCUT2D eigenvalue weighted by Gasteiger charge is 2.30. The van der Waals surface area contributed by atoms with Crippen molar-refractivity contribution >= 4 is 0 Å². The Morgan fingerprint density at radius 2 is 2.06 bits per heavy atom. The lowest BCUT2D eigenvalue weighted by molar-refractivity contribution is 0.243. The molecule has 0 aromatic heterocycles. The van der Waals surface area contributed by atoms with Gasteiger partial charge in [-0.1, -0.05) is 13.0 Å². The van der Waals surface area contributed by atoms with Gasteiger partial charge in [-0.05, 0) is 55.7 Å². The van der Waals surface area contributed by atoms with Crippen LogP contribution in [-0.4, -0.2) is 12.6 Å². The number of rotatable bonds is 3. The third kappa shape index (κ3) is 3.02. The third-order valence-electron chi connectivity index (χ3n) is 4.04. The van der Waals surface area contributed by atoms with E-state index in [0.29, 0.717) is 5.75 Å². The largest absolute Gasteiger partial charge is 0.494 e. The smallest absolute Gasteiger partial charge is 0.165 e. The fourth-order valence-corrected chi connectivity index (χ4v) is 2.74. The summed E-state index contributed by atoms with van der Waals surface area (Å²) < 4.78 is 18.5. The molecular formula is C15H22FNO. The zero-order chi connectivity index (χ0) is 13.2. The lowest BCUT2D eigenvalue weighted by Crippen LogP contribution is -2.45. The molecule has 0 saturated heterocycles. The van der Waals surface area contributed by atoms with Crippen LogP contribution in [0, 0.1) is 11.7 Å². The molecule has 0 amide bonds. The number of methoxy groups -OCH3 is 1. The van der Waals surface area contributed by atoms with Crippen LogP contribution in [0.3, 0.4) is 0 Å². The first kappa shape index (κ1) is 13.3. The van der Waals surface area contributed by atoms with E-state index in [0.717, 1.165) is 30.7 Å². The maximum Gasteiger partial charge on any atom is 0.165 e. The first-order chi connectivity index (χ1) is 8.52. The molecule has 1 fully saturated rings. The van der Waals surface area contributed by atoms with Crippen molar-refractivity contribution in [1.82, 2.24) is 0 Å². The first-order valence-corrected chi connectivity index (χ1v) is 6.64. The Morgan fingerprint density at radius 3 is 2.61 bits per heavy atom. The molecule has 1 aromatic carbocycles. The summed E-state index contributed by atoms with van der Waals surface area (Å²) in [6.07, 6.45) is 5.16. The van der Waals surface area contributed by atoms with Crippen LogP contribution in [0.1, 0.15) is 38.2 Å². The second-order valence-electron chi connectivity index (χ2n) is 5.69. The van der Waals surface area contributed by atoms with Crippen molar-refractivity contribution in [3.63, 3.8) is 0 Å². The number of hydrogen-bond donors (Lipinski definition) is 1. The van der Waals surface area contributed by atoms with Crippen LogP contribution in [0.25, 0.3) is 0 Å². The number of halogens is 1. The molecule has 0 atom stereocenters. The number of nitrogens with two attached hydrogens (primary N) is 1. The van der Waals surface area contributed by atoms with E-state index in [1.165, 1.54) is 20.0 Å². The molecule has 18 heavy (non-hydrogen) atoms. The molecule has 2 rings (SSSR count). The molecule has 0 spiro atoms. The average molecular weight is 251 g/mol. The predicted octanol–water partition coefficient (Wildman–Crippen LogP) is 3.28. The van der Waals surface area contributed by atoms with Gasteiger partial charge >= 0.3 is 0 Å². The van der Waals surface area contributed by atoms with E-state index in [1.54, 1.807) is 12.1 Å². The van der Waals surface area contributed by atoms with E-state index in [1.807, 2.05) is 6.07 Å². The molecule has 3 heteroatoms. The van der Waals surface area contributed by atoms with Crippen LogP contribution in [0.2, 0.25) is 0 Å². The Labute approximate surface area is 108 Å². The van der Waals surface area contributed by atoms with Crippen molar-refractivity contribution in [1.29, 1.82) is 0 Å². The van der Waals surface area contributed by atoms with Crippen LogP contribution < -0.4 is 10.5 Å². The van der Waals surface area contributed by atoms with Crippen molar-refractivity contribution in [2.45, 2.75) is 44.6 Å². The summed E-state index contributed by atoms with van der Waals surface area (Å²) in [5, 5.41) is 0. The lowest BCUT2D eigenvalue weighted by Gasteiger charge is -2.36. The molecule has 0 aliphatic heterocycles. The second kappa shape index (κ2) is 5.27. The van der Waals surface area contributed by atoms with Gasteiger partial charge in [-0.15, -0.1) is 0 Å². The molecule has 0 bridgehead atoms.